The molecule has 2 amide bonds. The highest BCUT2D eigenvalue weighted by molar-refractivity contribution is 5.96. The summed E-state index contributed by atoms with van der Waals surface area (Å²) in [5.74, 6) is -1.47. The molecular weight excluding hydrogens is 499 g/mol. The monoisotopic (exact) mass is 530 g/mol. The predicted molar refractivity (Wildman–Crippen MR) is 133 cm³/mol. The number of carbonyl (C=O) groups is 2. The molecule has 0 radical (unpaired) electrons. The summed E-state index contributed by atoms with van der Waals surface area (Å²) in [7, 11) is 2.81. The Hall–Kier alpha value is -3.51. The molecule has 4 atom stereocenters. The molecule has 0 unspecified atom stereocenters. The summed E-state index contributed by atoms with van der Waals surface area (Å²) in [5, 5.41) is 33.2. The summed E-state index contributed by atoms with van der Waals surface area (Å²) >= 11 is 0. The molecule has 204 valence electrons. The number of aliphatic hydroxyl groups is 3. The number of hydrogen-bond donors (Lipinski definition) is 4. The minimum atomic E-state index is -1.27. The summed E-state index contributed by atoms with van der Waals surface area (Å²) in [6.07, 6.45) is -0.722. The van der Waals surface area contributed by atoms with Crippen LogP contribution in [-0.4, -0.2) is 84.3 Å². The fraction of sp³-hybridized carbons (Fsp3) is 0.407. The number of aliphatic hydroxyl groups excluding tert-OH is 3. The van der Waals surface area contributed by atoms with Crippen LogP contribution >= 0.6 is 0 Å². The standard InChI is InChI=1S/C27H31FN2O8/c1-36-14-22(33)30(12-15-3-5-17(28)6-4-15)20-11-19(27(35)29-7-8-31)23-18-9-16(13-32)10-21(37-2)25(18)38-26(23)24(20)34/h3-6,9-11,20,23-24,26,31-32,34H,7-8,12-14H2,1-2H3,(H,29,35)/t20-,23+,24+,26+/m1/s1. The van der Waals surface area contributed by atoms with Crippen molar-refractivity contribution in [2.24, 2.45) is 0 Å². The SMILES string of the molecule is COCC(=O)N(Cc1ccc(F)cc1)[C@@H]1C=C(C(=O)NCCO)[C@@H]2c3cc(CO)cc(OC)c3O[C@@H]2[C@H]1O. The van der Waals surface area contributed by atoms with E-state index in [0.29, 0.717) is 28.2 Å². The molecule has 0 spiro atoms. The quantitative estimate of drug-likeness (QED) is 0.351. The first-order valence-corrected chi connectivity index (χ1v) is 12.1. The number of benzene rings is 2. The first-order chi connectivity index (χ1) is 18.3. The number of fused-ring (bicyclic) bond motifs is 3. The zero-order chi connectivity index (χ0) is 27.4. The lowest BCUT2D eigenvalue weighted by molar-refractivity contribution is -0.141. The van der Waals surface area contributed by atoms with Gasteiger partial charge in [-0.15, -0.1) is 0 Å². The molecule has 0 saturated heterocycles. The molecule has 0 bridgehead atoms. The fourth-order valence-electron chi connectivity index (χ4n) is 4.97. The van der Waals surface area contributed by atoms with Gasteiger partial charge in [-0.25, -0.2) is 4.39 Å². The Morgan fingerprint density at radius 1 is 1.13 bits per heavy atom. The van der Waals surface area contributed by atoms with Crippen LogP contribution in [0.1, 0.15) is 22.6 Å². The molecule has 1 aliphatic carbocycles. The van der Waals surface area contributed by atoms with Crippen LogP contribution in [0.2, 0.25) is 0 Å². The van der Waals surface area contributed by atoms with Crippen molar-refractivity contribution in [3.8, 4) is 11.5 Å². The van der Waals surface area contributed by atoms with Crippen LogP contribution in [0.3, 0.4) is 0 Å². The van der Waals surface area contributed by atoms with E-state index in [1.165, 1.54) is 49.5 Å². The number of ether oxygens (including phenoxy) is 3. The van der Waals surface area contributed by atoms with Crippen LogP contribution in [0.5, 0.6) is 11.5 Å². The molecule has 1 aliphatic heterocycles. The number of rotatable bonds is 10. The van der Waals surface area contributed by atoms with E-state index in [-0.39, 0.29) is 38.5 Å². The molecule has 2 aliphatic rings. The number of nitrogens with one attached hydrogen (secondary N) is 1. The molecule has 4 N–H and O–H groups in total. The third-order valence-corrected chi connectivity index (χ3v) is 6.71. The molecule has 1 heterocycles. The topological polar surface area (TPSA) is 138 Å². The summed E-state index contributed by atoms with van der Waals surface area (Å²) in [5.41, 5.74) is 1.91. The Morgan fingerprint density at radius 3 is 2.50 bits per heavy atom. The van der Waals surface area contributed by atoms with Crippen LogP contribution in [0.15, 0.2) is 48.0 Å². The van der Waals surface area contributed by atoms with Gasteiger partial charge in [-0.1, -0.05) is 12.1 Å². The van der Waals surface area contributed by atoms with Gasteiger partial charge in [0.2, 0.25) is 11.8 Å². The first kappa shape index (κ1) is 27.5. The molecule has 0 fully saturated rings. The van der Waals surface area contributed by atoms with Gasteiger partial charge in [-0.3, -0.25) is 9.59 Å². The van der Waals surface area contributed by atoms with Crippen molar-refractivity contribution in [2.45, 2.75) is 37.3 Å². The largest absolute Gasteiger partial charge is 0.493 e. The fourth-order valence-corrected chi connectivity index (χ4v) is 4.97. The average molecular weight is 531 g/mol. The van der Waals surface area contributed by atoms with Crippen molar-refractivity contribution in [3.63, 3.8) is 0 Å². The number of hydrogen-bond acceptors (Lipinski definition) is 8. The van der Waals surface area contributed by atoms with Gasteiger partial charge in [-0.2, -0.15) is 0 Å². The molecule has 4 rings (SSSR count). The Balaban J connectivity index is 1.81. The van der Waals surface area contributed by atoms with Gasteiger partial charge < -0.3 is 39.7 Å². The van der Waals surface area contributed by atoms with Crippen LogP contribution in [-0.2, 0) is 27.5 Å². The van der Waals surface area contributed by atoms with Crippen LogP contribution in [0.25, 0.3) is 0 Å². The molecular formula is C27H31FN2O8. The Kier molecular flexibility index (Phi) is 8.62. The zero-order valence-electron chi connectivity index (χ0n) is 21.1. The van der Waals surface area contributed by atoms with Gasteiger partial charge in [0, 0.05) is 31.3 Å². The van der Waals surface area contributed by atoms with Crippen LogP contribution in [0, 0.1) is 5.82 Å². The number of methoxy groups -OCH3 is 2. The molecule has 0 aromatic heterocycles. The van der Waals surface area contributed by atoms with Crippen molar-refractivity contribution < 1.29 is 43.5 Å². The minimum Gasteiger partial charge on any atom is -0.493 e. The Labute approximate surface area is 219 Å². The van der Waals surface area contributed by atoms with E-state index < -0.39 is 41.8 Å². The van der Waals surface area contributed by atoms with E-state index in [9.17, 15) is 29.3 Å². The molecule has 38 heavy (non-hydrogen) atoms. The Bertz CT molecular complexity index is 1200. The second kappa shape index (κ2) is 11.9. The van der Waals surface area contributed by atoms with Gasteiger partial charge in [0.15, 0.2) is 11.5 Å². The normalized spacial score (nSPS) is 21.6. The third-order valence-electron chi connectivity index (χ3n) is 6.71. The number of carbonyl (C=O) groups excluding carboxylic acids is 2. The summed E-state index contributed by atoms with van der Waals surface area (Å²) in [4.78, 5) is 27.8. The molecule has 2 aromatic carbocycles. The second-order valence-corrected chi connectivity index (χ2v) is 9.10. The first-order valence-electron chi connectivity index (χ1n) is 12.1. The van der Waals surface area contributed by atoms with E-state index >= 15 is 0 Å². The molecule has 2 aromatic rings. The average Bonchev–Trinajstić information content (AvgIpc) is 3.31. The maximum absolute atomic E-state index is 13.5. The van der Waals surface area contributed by atoms with Gasteiger partial charge in [0.25, 0.3) is 0 Å². The lowest BCUT2D eigenvalue weighted by atomic mass is 9.77. The summed E-state index contributed by atoms with van der Waals surface area (Å²) < 4.78 is 30.2. The van der Waals surface area contributed by atoms with E-state index in [2.05, 4.69) is 5.32 Å². The molecule has 11 heteroatoms. The van der Waals surface area contributed by atoms with Crippen molar-refractivity contribution in [2.75, 3.05) is 34.0 Å². The lowest BCUT2D eigenvalue weighted by Gasteiger charge is -2.40. The molecule has 0 saturated carbocycles. The van der Waals surface area contributed by atoms with Crippen LogP contribution in [0.4, 0.5) is 4.39 Å². The summed E-state index contributed by atoms with van der Waals surface area (Å²) in [6, 6.07) is 7.90. The van der Waals surface area contributed by atoms with Gasteiger partial charge in [0.05, 0.1) is 32.3 Å². The predicted octanol–water partition coefficient (Wildman–Crippen LogP) is 0.624. The summed E-state index contributed by atoms with van der Waals surface area (Å²) in [6.45, 7) is -0.838. The van der Waals surface area contributed by atoms with Crippen molar-refractivity contribution >= 4 is 11.8 Å². The van der Waals surface area contributed by atoms with Crippen molar-refractivity contribution in [1.29, 1.82) is 0 Å². The van der Waals surface area contributed by atoms with E-state index in [1.54, 1.807) is 12.1 Å². The van der Waals surface area contributed by atoms with Gasteiger partial charge in [0.1, 0.15) is 24.6 Å². The van der Waals surface area contributed by atoms with Crippen molar-refractivity contribution in [3.05, 3.63) is 70.6 Å². The van der Waals surface area contributed by atoms with Crippen LogP contribution < -0.4 is 14.8 Å². The van der Waals surface area contributed by atoms with Crippen molar-refractivity contribution in [1.82, 2.24) is 10.2 Å². The highest BCUT2D eigenvalue weighted by atomic mass is 19.1. The zero-order valence-corrected chi connectivity index (χ0v) is 21.1. The third kappa shape index (κ3) is 5.37. The Morgan fingerprint density at radius 2 is 1.87 bits per heavy atom. The van der Waals surface area contributed by atoms with E-state index in [1.807, 2.05) is 0 Å². The number of amides is 2. The number of nitrogens with zero attached hydrogens (tertiary/aromatic N) is 1. The van der Waals surface area contributed by atoms with Gasteiger partial charge >= 0.3 is 0 Å². The van der Waals surface area contributed by atoms with E-state index in [0.717, 1.165) is 0 Å². The highest BCUT2D eigenvalue weighted by Crippen LogP contribution is 2.51. The highest BCUT2D eigenvalue weighted by Gasteiger charge is 2.51. The van der Waals surface area contributed by atoms with E-state index in [4.69, 9.17) is 14.2 Å². The maximum Gasteiger partial charge on any atom is 0.249 e. The maximum atomic E-state index is 13.5. The second-order valence-electron chi connectivity index (χ2n) is 9.10. The van der Waals surface area contributed by atoms with Gasteiger partial charge in [-0.05, 0) is 41.5 Å². The lowest BCUT2D eigenvalue weighted by Crippen LogP contribution is -2.56. The molecule has 10 nitrogen and oxygen atoms in total. The smallest absolute Gasteiger partial charge is 0.249 e. The number of halogens is 1. The minimum absolute atomic E-state index is 0.00358.